The zero-order valence-corrected chi connectivity index (χ0v) is 12.2. The van der Waals surface area contributed by atoms with Crippen LogP contribution in [0.4, 0.5) is 5.69 Å². The molecule has 2 rings (SSSR count). The molecule has 1 aromatic rings. The van der Waals surface area contributed by atoms with E-state index in [9.17, 15) is 0 Å². The van der Waals surface area contributed by atoms with Gasteiger partial charge < -0.3 is 9.64 Å². The topological polar surface area (TPSA) is 15.7 Å². The third-order valence-corrected chi connectivity index (χ3v) is 3.86. The Bertz CT molecular complexity index is 433. The summed E-state index contributed by atoms with van der Waals surface area (Å²) in [6, 6.07) is 9.37. The Labute approximate surface area is 116 Å². The molecule has 0 saturated carbocycles. The Morgan fingerprint density at radius 3 is 2.79 bits per heavy atom. The molecule has 1 fully saturated rings. The van der Waals surface area contributed by atoms with Gasteiger partial charge in [0, 0.05) is 43.5 Å². The highest BCUT2D eigenvalue weighted by atomic mass is 16.5. The molecule has 0 amide bonds. The van der Waals surface area contributed by atoms with Crippen LogP contribution in [0.25, 0.3) is 0 Å². The van der Waals surface area contributed by atoms with Crippen molar-refractivity contribution in [1.82, 2.24) is 4.90 Å². The van der Waals surface area contributed by atoms with Crippen molar-refractivity contribution in [3.63, 3.8) is 0 Å². The van der Waals surface area contributed by atoms with Gasteiger partial charge in [-0.1, -0.05) is 12.1 Å². The highest BCUT2D eigenvalue weighted by Gasteiger charge is 2.28. The summed E-state index contributed by atoms with van der Waals surface area (Å²) in [6.45, 7) is 11.5. The molecule has 2 atom stereocenters. The van der Waals surface area contributed by atoms with E-state index in [0.29, 0.717) is 12.1 Å². The van der Waals surface area contributed by atoms with E-state index in [4.69, 9.17) is 4.74 Å². The first-order valence-corrected chi connectivity index (χ1v) is 6.91. The number of rotatable bonds is 4. The van der Waals surface area contributed by atoms with E-state index in [1.54, 1.807) is 7.11 Å². The zero-order chi connectivity index (χ0) is 13.8. The smallest absolute Gasteiger partial charge is 0.120 e. The molecule has 1 aliphatic rings. The molecule has 1 aromatic carbocycles. The Morgan fingerprint density at radius 1 is 1.32 bits per heavy atom. The molecule has 0 aromatic heterocycles. The maximum atomic E-state index is 5.32. The summed E-state index contributed by atoms with van der Waals surface area (Å²) in [5, 5.41) is 0. The lowest BCUT2D eigenvalue weighted by molar-refractivity contribution is 0.184. The number of nitrogens with zero attached hydrogens (tertiary/aromatic N) is 2. The van der Waals surface area contributed by atoms with Crippen LogP contribution in [0.5, 0.6) is 5.75 Å². The molecule has 1 saturated heterocycles. The second-order valence-corrected chi connectivity index (χ2v) is 5.29. The molecule has 19 heavy (non-hydrogen) atoms. The number of methoxy groups -OCH3 is 1. The first-order valence-electron chi connectivity index (χ1n) is 6.91. The summed E-state index contributed by atoms with van der Waals surface area (Å²) in [5.41, 5.74) is 1.25. The summed E-state index contributed by atoms with van der Waals surface area (Å²) >= 11 is 0. The third-order valence-electron chi connectivity index (χ3n) is 3.86. The van der Waals surface area contributed by atoms with Gasteiger partial charge in [0.2, 0.25) is 0 Å². The first-order chi connectivity index (χ1) is 9.15. The average Bonchev–Trinajstić information content (AvgIpc) is 2.43. The Kier molecular flexibility index (Phi) is 4.48. The van der Waals surface area contributed by atoms with Gasteiger partial charge in [0.15, 0.2) is 0 Å². The third kappa shape index (κ3) is 3.10. The lowest BCUT2D eigenvalue weighted by atomic mass is 10.1. The minimum Gasteiger partial charge on any atom is -0.497 e. The van der Waals surface area contributed by atoms with Gasteiger partial charge in [-0.15, -0.1) is 6.58 Å². The Balaban J connectivity index is 2.14. The Hall–Kier alpha value is -1.48. The molecule has 3 heteroatoms. The number of hydrogen-bond donors (Lipinski definition) is 0. The van der Waals surface area contributed by atoms with Crippen molar-refractivity contribution in [2.24, 2.45) is 0 Å². The summed E-state index contributed by atoms with van der Waals surface area (Å²) in [7, 11) is 1.72. The predicted molar refractivity (Wildman–Crippen MR) is 81.0 cm³/mol. The fourth-order valence-electron chi connectivity index (χ4n) is 2.77. The molecular formula is C16H24N2O. The van der Waals surface area contributed by atoms with E-state index in [0.717, 1.165) is 25.4 Å². The first kappa shape index (κ1) is 13.9. The van der Waals surface area contributed by atoms with Crippen molar-refractivity contribution < 1.29 is 4.74 Å². The highest BCUT2D eigenvalue weighted by molar-refractivity contribution is 5.52. The molecule has 0 N–H and O–H groups in total. The molecule has 1 aliphatic heterocycles. The van der Waals surface area contributed by atoms with Crippen LogP contribution in [0.1, 0.15) is 13.8 Å². The van der Waals surface area contributed by atoms with E-state index in [1.807, 2.05) is 12.1 Å². The van der Waals surface area contributed by atoms with Crippen LogP contribution >= 0.6 is 0 Å². The van der Waals surface area contributed by atoms with Crippen LogP contribution in [0.15, 0.2) is 36.9 Å². The summed E-state index contributed by atoms with van der Waals surface area (Å²) in [5.74, 6) is 0.922. The number of ether oxygens (including phenoxy) is 1. The molecular weight excluding hydrogens is 236 g/mol. The molecule has 0 spiro atoms. The summed E-state index contributed by atoms with van der Waals surface area (Å²) in [6.07, 6.45) is 1.99. The maximum absolute atomic E-state index is 5.32. The van der Waals surface area contributed by atoms with Crippen molar-refractivity contribution in [2.45, 2.75) is 25.9 Å². The number of anilines is 1. The molecule has 0 unspecified atom stereocenters. The molecule has 0 bridgehead atoms. The number of benzene rings is 1. The minimum atomic E-state index is 0.503. The van der Waals surface area contributed by atoms with Gasteiger partial charge in [-0.3, -0.25) is 4.90 Å². The van der Waals surface area contributed by atoms with Crippen molar-refractivity contribution in [3.05, 3.63) is 36.9 Å². The molecule has 0 aliphatic carbocycles. The standard InChI is InChI=1S/C16H24N2O/c1-5-9-17-11-14(3)18(12-13(17)2)15-7-6-8-16(10-15)19-4/h5-8,10,13-14H,1,9,11-12H2,2-4H3/t13-,14+/m0/s1. The van der Waals surface area contributed by atoms with Crippen molar-refractivity contribution >= 4 is 5.69 Å². The zero-order valence-electron chi connectivity index (χ0n) is 12.2. The maximum Gasteiger partial charge on any atom is 0.120 e. The van der Waals surface area contributed by atoms with Crippen LogP contribution in [-0.2, 0) is 0 Å². The minimum absolute atomic E-state index is 0.503. The van der Waals surface area contributed by atoms with Gasteiger partial charge in [0.05, 0.1) is 7.11 Å². The number of hydrogen-bond acceptors (Lipinski definition) is 3. The fourth-order valence-corrected chi connectivity index (χ4v) is 2.77. The largest absolute Gasteiger partial charge is 0.497 e. The van der Waals surface area contributed by atoms with Crippen LogP contribution < -0.4 is 9.64 Å². The van der Waals surface area contributed by atoms with Gasteiger partial charge >= 0.3 is 0 Å². The van der Waals surface area contributed by atoms with E-state index >= 15 is 0 Å². The van der Waals surface area contributed by atoms with Crippen LogP contribution in [0.2, 0.25) is 0 Å². The lowest BCUT2D eigenvalue weighted by Crippen LogP contribution is -2.56. The normalized spacial score (nSPS) is 24.3. The second-order valence-electron chi connectivity index (χ2n) is 5.29. The summed E-state index contributed by atoms with van der Waals surface area (Å²) in [4.78, 5) is 4.95. The van der Waals surface area contributed by atoms with Crippen molar-refractivity contribution in [3.8, 4) is 5.75 Å². The van der Waals surface area contributed by atoms with Crippen LogP contribution in [0, 0.1) is 0 Å². The molecule has 104 valence electrons. The lowest BCUT2D eigenvalue weighted by Gasteiger charge is -2.45. The SMILES string of the molecule is C=CCN1C[C@@H](C)N(c2cccc(OC)c2)C[C@@H]1C. The van der Waals surface area contributed by atoms with Gasteiger partial charge in [-0.05, 0) is 26.0 Å². The van der Waals surface area contributed by atoms with Crippen LogP contribution in [0.3, 0.4) is 0 Å². The van der Waals surface area contributed by atoms with Crippen molar-refractivity contribution in [1.29, 1.82) is 0 Å². The molecule has 0 radical (unpaired) electrons. The molecule has 1 heterocycles. The van der Waals surface area contributed by atoms with E-state index < -0.39 is 0 Å². The van der Waals surface area contributed by atoms with Crippen LogP contribution in [-0.4, -0.2) is 43.7 Å². The second kappa shape index (κ2) is 6.11. The van der Waals surface area contributed by atoms with E-state index in [1.165, 1.54) is 5.69 Å². The fraction of sp³-hybridized carbons (Fsp3) is 0.500. The highest BCUT2D eigenvalue weighted by Crippen LogP contribution is 2.26. The van der Waals surface area contributed by atoms with Gasteiger partial charge in [0.25, 0.3) is 0 Å². The quantitative estimate of drug-likeness (QED) is 0.774. The van der Waals surface area contributed by atoms with Gasteiger partial charge in [-0.25, -0.2) is 0 Å². The predicted octanol–water partition coefficient (Wildman–Crippen LogP) is 2.78. The average molecular weight is 260 g/mol. The van der Waals surface area contributed by atoms with Gasteiger partial charge in [-0.2, -0.15) is 0 Å². The van der Waals surface area contributed by atoms with E-state index in [2.05, 4.69) is 48.4 Å². The number of piperazine rings is 1. The monoisotopic (exact) mass is 260 g/mol. The van der Waals surface area contributed by atoms with Crippen molar-refractivity contribution in [2.75, 3.05) is 31.6 Å². The van der Waals surface area contributed by atoms with E-state index in [-0.39, 0.29) is 0 Å². The molecule has 3 nitrogen and oxygen atoms in total. The Morgan fingerprint density at radius 2 is 2.11 bits per heavy atom. The summed E-state index contributed by atoms with van der Waals surface area (Å²) < 4.78 is 5.32. The van der Waals surface area contributed by atoms with Gasteiger partial charge in [0.1, 0.15) is 5.75 Å².